The Morgan fingerprint density at radius 1 is 0.836 bits per heavy atom. The van der Waals surface area contributed by atoms with E-state index in [1.165, 1.54) is 19.4 Å². The molecule has 19 heteroatoms. The van der Waals surface area contributed by atoms with E-state index in [0.29, 0.717) is 84.8 Å². The Hall–Kier alpha value is -7.33. The summed E-state index contributed by atoms with van der Waals surface area (Å²) < 4.78 is 24.8. The van der Waals surface area contributed by atoms with Gasteiger partial charge in [0, 0.05) is 119 Å². The summed E-state index contributed by atoms with van der Waals surface area (Å²) in [5, 5.41) is 21.8. The Morgan fingerprint density at radius 3 is 2.30 bits per heavy atom. The number of benzene rings is 4. The number of hydrogen-bond acceptors (Lipinski definition) is 15. The molecule has 1 fully saturated rings. The number of carbonyl (C=O) groups is 1. The zero-order valence-electron chi connectivity index (χ0n) is 42.6. The smallest absolute Gasteiger partial charge is 0.247 e. The average Bonchev–Trinajstić information content (AvgIpc) is 3.74. The molecule has 3 aromatic heterocycles. The molecule has 1 saturated heterocycles. The summed E-state index contributed by atoms with van der Waals surface area (Å²) >= 11 is 12.6. The van der Waals surface area contributed by atoms with Crippen LogP contribution in [0.15, 0.2) is 98.0 Å². The quantitative estimate of drug-likeness (QED) is 0.0516. The fraction of sp³-hybridized carbons (Fsp3) is 0.315. The molecule has 0 saturated carbocycles. The van der Waals surface area contributed by atoms with Crippen molar-refractivity contribution in [3.63, 3.8) is 0 Å². The van der Waals surface area contributed by atoms with Crippen LogP contribution in [0.4, 0.5) is 34.4 Å². The molecule has 8 rings (SSSR count). The summed E-state index contributed by atoms with van der Waals surface area (Å²) in [5.74, 6) is 2.35. The Balaban J connectivity index is 0.000000214. The Labute approximate surface area is 436 Å². The predicted molar refractivity (Wildman–Crippen MR) is 294 cm³/mol. The monoisotopic (exact) mass is 1030 g/mol. The molecule has 7 aromatic rings. The second-order valence-corrected chi connectivity index (χ2v) is 18.5. The summed E-state index contributed by atoms with van der Waals surface area (Å²) in [4.78, 5) is 34.9. The van der Waals surface area contributed by atoms with Gasteiger partial charge in [0.25, 0.3) is 0 Å². The molecule has 0 spiro atoms. The molecular weight excluding hydrogens is 968 g/mol. The van der Waals surface area contributed by atoms with Gasteiger partial charge in [0.15, 0.2) is 11.5 Å². The third-order valence-electron chi connectivity index (χ3n) is 12.4. The molecule has 0 radical (unpaired) electrons. The molecule has 0 bridgehead atoms. The van der Waals surface area contributed by atoms with Gasteiger partial charge in [-0.3, -0.25) is 9.78 Å². The van der Waals surface area contributed by atoms with E-state index in [4.69, 9.17) is 47.1 Å². The number of halogens is 2. The van der Waals surface area contributed by atoms with Crippen molar-refractivity contribution in [3.8, 4) is 40.3 Å². The van der Waals surface area contributed by atoms with Crippen molar-refractivity contribution < 1.29 is 23.7 Å². The summed E-state index contributed by atoms with van der Waals surface area (Å²) in [5.41, 5.74) is 7.13. The van der Waals surface area contributed by atoms with Gasteiger partial charge >= 0.3 is 0 Å². The van der Waals surface area contributed by atoms with E-state index in [1.54, 1.807) is 32.5 Å². The van der Waals surface area contributed by atoms with Crippen molar-refractivity contribution >= 4 is 85.3 Å². The lowest BCUT2D eigenvalue weighted by molar-refractivity contribution is -0.111. The lowest BCUT2D eigenvalue weighted by Gasteiger charge is -2.32. The lowest BCUT2D eigenvalue weighted by Crippen LogP contribution is -2.44. The molecule has 382 valence electrons. The lowest BCUT2D eigenvalue weighted by atomic mass is 10.1. The zero-order chi connectivity index (χ0) is 52.2. The standard InChI is InChI=1S/C28H33N7O2.C26H29Cl2N5O3/c1-7-27(36)30-22-16-23(26(37-6)17-25(22)34(4)15-14-33(2)3)32-28-29-13-12-21(31-28)20-18-35(5)24-11-9-8-10-19(20)24;1-32-6-8-33(9-7-32)5-4-10-36-25-13-21-18(11-24(25)35-3)26(17(15-29)16-30-21)31-22-14-23(34-2)20(28)12-19(22)27/h7-13,16-18H,1,14-15H2,2-6H3,(H,30,36)(H,29,31,32);11-14,16H,4-10H2,1-3H3,(H,30,31). The van der Waals surface area contributed by atoms with E-state index in [1.807, 2.05) is 70.7 Å². The van der Waals surface area contributed by atoms with Gasteiger partial charge in [-0.25, -0.2) is 9.97 Å². The maximum Gasteiger partial charge on any atom is 0.247 e. The first kappa shape index (κ1) is 53.5. The van der Waals surface area contributed by atoms with Crippen molar-refractivity contribution in [2.45, 2.75) is 6.42 Å². The molecule has 73 heavy (non-hydrogen) atoms. The van der Waals surface area contributed by atoms with Crippen LogP contribution in [0, 0.1) is 11.3 Å². The highest BCUT2D eigenvalue weighted by molar-refractivity contribution is 6.37. The number of aryl methyl sites for hydroxylation is 1. The maximum atomic E-state index is 12.2. The van der Waals surface area contributed by atoms with Crippen molar-refractivity contribution in [1.29, 1.82) is 5.26 Å². The van der Waals surface area contributed by atoms with Gasteiger partial charge in [0.1, 0.15) is 17.6 Å². The number of nitriles is 1. The summed E-state index contributed by atoms with van der Waals surface area (Å²) in [6.07, 6.45) is 7.48. The van der Waals surface area contributed by atoms with Crippen molar-refractivity contribution in [2.75, 3.05) is 123 Å². The highest BCUT2D eigenvalue weighted by Crippen LogP contribution is 2.41. The number of ether oxygens (including phenoxy) is 4. The number of methoxy groups -OCH3 is 3. The van der Waals surface area contributed by atoms with Gasteiger partial charge < -0.3 is 59.1 Å². The number of para-hydroxylation sites is 1. The van der Waals surface area contributed by atoms with Crippen LogP contribution < -0.4 is 39.8 Å². The van der Waals surface area contributed by atoms with Crippen LogP contribution in [0.5, 0.6) is 23.0 Å². The van der Waals surface area contributed by atoms with Crippen LogP contribution in [-0.2, 0) is 11.8 Å². The number of likely N-dealkylation sites (N-methyl/N-ethyl adjacent to an activating group) is 3. The minimum atomic E-state index is -0.299. The van der Waals surface area contributed by atoms with Gasteiger partial charge in [0.2, 0.25) is 11.9 Å². The van der Waals surface area contributed by atoms with E-state index in [-0.39, 0.29) is 5.91 Å². The molecule has 4 aromatic carbocycles. The van der Waals surface area contributed by atoms with E-state index in [9.17, 15) is 10.1 Å². The number of anilines is 6. The van der Waals surface area contributed by atoms with E-state index in [2.05, 4.69) is 88.1 Å². The van der Waals surface area contributed by atoms with Crippen LogP contribution in [-0.4, -0.2) is 142 Å². The third-order valence-corrected chi connectivity index (χ3v) is 13.0. The Morgan fingerprint density at radius 2 is 1.59 bits per heavy atom. The van der Waals surface area contributed by atoms with Crippen LogP contribution in [0.2, 0.25) is 10.0 Å². The molecular formula is C54H62Cl2N12O5. The highest BCUT2D eigenvalue weighted by Gasteiger charge is 2.20. The molecule has 1 aliphatic rings. The number of carbonyl (C=O) groups excluding carboxylic acids is 1. The molecule has 4 heterocycles. The number of nitrogens with one attached hydrogen (secondary N) is 3. The van der Waals surface area contributed by atoms with Gasteiger partial charge in [-0.1, -0.05) is 48.0 Å². The minimum absolute atomic E-state index is 0.299. The average molecular weight is 1030 g/mol. The summed E-state index contributed by atoms with van der Waals surface area (Å²) in [6.45, 7) is 11.1. The van der Waals surface area contributed by atoms with Gasteiger partial charge in [-0.2, -0.15) is 5.26 Å². The molecule has 1 amide bonds. The van der Waals surface area contributed by atoms with Gasteiger partial charge in [-0.15, -0.1) is 0 Å². The number of rotatable bonds is 19. The molecule has 17 nitrogen and oxygen atoms in total. The predicted octanol–water partition coefficient (Wildman–Crippen LogP) is 9.70. The number of pyridine rings is 1. The topological polar surface area (TPSA) is 170 Å². The maximum absolute atomic E-state index is 12.2. The van der Waals surface area contributed by atoms with Gasteiger partial charge in [-0.05, 0) is 64.0 Å². The normalized spacial score (nSPS) is 12.7. The molecule has 0 atom stereocenters. The van der Waals surface area contributed by atoms with Gasteiger partial charge in [0.05, 0.1) is 83.2 Å². The van der Waals surface area contributed by atoms with E-state index >= 15 is 0 Å². The Bertz CT molecular complexity index is 3120. The third kappa shape index (κ3) is 13.2. The number of amides is 1. The largest absolute Gasteiger partial charge is 0.495 e. The van der Waals surface area contributed by atoms with Crippen LogP contribution in [0.25, 0.3) is 33.1 Å². The summed E-state index contributed by atoms with van der Waals surface area (Å²) in [7, 11) is 14.9. The fourth-order valence-electron chi connectivity index (χ4n) is 8.29. The summed E-state index contributed by atoms with van der Waals surface area (Å²) in [6, 6.07) is 23.0. The van der Waals surface area contributed by atoms with Crippen molar-refractivity contribution in [3.05, 3.63) is 114 Å². The first-order valence-electron chi connectivity index (χ1n) is 23.6. The van der Waals surface area contributed by atoms with Crippen molar-refractivity contribution in [2.24, 2.45) is 7.05 Å². The SMILES string of the molecule is C=CC(=O)Nc1cc(Nc2nccc(-c3cn(C)c4ccccc34)n2)c(OC)cc1N(C)CCN(C)C.COc1cc(Nc2c(C#N)cnc3cc(OCCCN4CCN(C)CC4)c(OC)cc23)c(Cl)cc1Cl. The molecule has 0 aliphatic carbocycles. The number of aromatic nitrogens is 4. The highest BCUT2D eigenvalue weighted by atomic mass is 35.5. The second kappa shape index (κ2) is 24.9. The zero-order valence-corrected chi connectivity index (χ0v) is 44.1. The minimum Gasteiger partial charge on any atom is -0.495 e. The van der Waals surface area contributed by atoms with E-state index < -0.39 is 0 Å². The fourth-order valence-corrected chi connectivity index (χ4v) is 8.80. The molecule has 3 N–H and O–H groups in total. The number of piperazine rings is 1. The first-order chi connectivity index (χ1) is 35.2. The van der Waals surface area contributed by atoms with Crippen LogP contribution >= 0.6 is 23.2 Å². The van der Waals surface area contributed by atoms with E-state index in [0.717, 1.165) is 80.1 Å². The molecule has 1 aliphatic heterocycles. The Kier molecular flexibility index (Phi) is 18.2. The number of fused-ring (bicyclic) bond motifs is 2. The second-order valence-electron chi connectivity index (χ2n) is 17.7. The number of nitrogens with zero attached hydrogens (tertiary/aromatic N) is 9. The molecule has 0 unspecified atom stereocenters. The number of hydrogen-bond donors (Lipinski definition) is 3. The van der Waals surface area contributed by atoms with Crippen LogP contribution in [0.1, 0.15) is 12.0 Å². The van der Waals surface area contributed by atoms with Crippen LogP contribution in [0.3, 0.4) is 0 Å². The first-order valence-corrected chi connectivity index (χ1v) is 24.4. The van der Waals surface area contributed by atoms with Crippen molar-refractivity contribution in [1.82, 2.24) is 34.2 Å².